The molecule has 1 fully saturated rings. The van der Waals surface area contributed by atoms with Crippen LogP contribution in [0, 0.1) is 0 Å². The van der Waals surface area contributed by atoms with Crippen LogP contribution >= 0.6 is 23.1 Å². The highest BCUT2D eigenvalue weighted by molar-refractivity contribution is 7.99. The summed E-state index contributed by atoms with van der Waals surface area (Å²) in [5.74, 6) is 2.02. The summed E-state index contributed by atoms with van der Waals surface area (Å²) in [7, 11) is 0. The highest BCUT2D eigenvalue weighted by atomic mass is 32.2. The molecule has 1 aliphatic heterocycles. The van der Waals surface area contributed by atoms with E-state index in [4.69, 9.17) is 4.74 Å². The Morgan fingerprint density at radius 2 is 2.04 bits per heavy atom. The van der Waals surface area contributed by atoms with Crippen LogP contribution in [0.3, 0.4) is 0 Å². The molecule has 0 spiro atoms. The van der Waals surface area contributed by atoms with Gasteiger partial charge in [-0.15, -0.1) is 21.5 Å². The molecule has 0 amide bonds. The number of benzene rings is 1. The van der Waals surface area contributed by atoms with Gasteiger partial charge in [-0.1, -0.05) is 48.2 Å². The summed E-state index contributed by atoms with van der Waals surface area (Å²) < 4.78 is 8.19. The van der Waals surface area contributed by atoms with Crippen LogP contribution in [0.25, 0.3) is 0 Å². The average Bonchev–Trinajstić information content (AvgIpc) is 3.37. The SMILES string of the molecule is c1ccc(CCn2c(Cc3cccs3)nnc2SCC2CCCCO2)cc1. The zero-order valence-corrected chi connectivity index (χ0v) is 17.1. The molecule has 1 atom stereocenters. The Morgan fingerprint density at radius 1 is 1.11 bits per heavy atom. The van der Waals surface area contributed by atoms with Gasteiger partial charge in [0.15, 0.2) is 5.16 Å². The Labute approximate surface area is 169 Å². The lowest BCUT2D eigenvalue weighted by Crippen LogP contribution is -2.21. The molecule has 4 rings (SSSR count). The Bertz CT molecular complexity index is 811. The Balaban J connectivity index is 1.47. The number of nitrogens with zero attached hydrogens (tertiary/aromatic N) is 3. The van der Waals surface area contributed by atoms with Crippen molar-refractivity contribution >= 4 is 23.1 Å². The Morgan fingerprint density at radius 3 is 2.81 bits per heavy atom. The van der Waals surface area contributed by atoms with E-state index in [1.807, 2.05) is 0 Å². The molecule has 1 saturated heterocycles. The highest BCUT2D eigenvalue weighted by Gasteiger charge is 2.18. The smallest absolute Gasteiger partial charge is 0.191 e. The van der Waals surface area contributed by atoms with Crippen molar-refractivity contribution in [3.05, 3.63) is 64.1 Å². The summed E-state index contributed by atoms with van der Waals surface area (Å²) in [6.45, 7) is 1.81. The van der Waals surface area contributed by atoms with Crippen molar-refractivity contribution < 1.29 is 4.74 Å². The number of ether oxygens (including phenoxy) is 1. The molecule has 2 aromatic heterocycles. The summed E-state index contributed by atoms with van der Waals surface area (Å²) in [5, 5.41) is 12.2. The van der Waals surface area contributed by atoms with E-state index in [2.05, 4.69) is 62.6 Å². The Hall–Kier alpha value is -1.63. The van der Waals surface area contributed by atoms with Crippen molar-refractivity contribution in [2.24, 2.45) is 0 Å². The minimum Gasteiger partial charge on any atom is -0.377 e. The van der Waals surface area contributed by atoms with Gasteiger partial charge in [0, 0.05) is 30.2 Å². The number of aryl methyl sites for hydroxylation is 1. The lowest BCUT2D eigenvalue weighted by Gasteiger charge is -2.22. The minimum absolute atomic E-state index is 0.351. The molecule has 3 aromatic rings. The predicted molar refractivity (Wildman–Crippen MR) is 112 cm³/mol. The highest BCUT2D eigenvalue weighted by Crippen LogP contribution is 2.25. The second-order valence-corrected chi connectivity index (χ2v) is 8.86. The van der Waals surface area contributed by atoms with Gasteiger partial charge in [0.1, 0.15) is 5.82 Å². The molecule has 0 bridgehead atoms. The largest absolute Gasteiger partial charge is 0.377 e. The number of rotatable bonds is 8. The van der Waals surface area contributed by atoms with Gasteiger partial charge in [-0.25, -0.2) is 0 Å². The zero-order valence-electron chi connectivity index (χ0n) is 15.4. The van der Waals surface area contributed by atoms with E-state index in [-0.39, 0.29) is 0 Å². The zero-order chi connectivity index (χ0) is 18.3. The van der Waals surface area contributed by atoms with Crippen LogP contribution in [0.5, 0.6) is 0 Å². The van der Waals surface area contributed by atoms with Crippen LogP contribution in [0.15, 0.2) is 53.0 Å². The topological polar surface area (TPSA) is 39.9 Å². The van der Waals surface area contributed by atoms with Gasteiger partial charge in [0.2, 0.25) is 0 Å². The molecule has 1 unspecified atom stereocenters. The lowest BCUT2D eigenvalue weighted by molar-refractivity contribution is 0.0315. The molecule has 142 valence electrons. The molecule has 4 nitrogen and oxygen atoms in total. The fourth-order valence-corrected chi connectivity index (χ4v) is 5.09. The van der Waals surface area contributed by atoms with Gasteiger partial charge in [0.05, 0.1) is 6.10 Å². The second kappa shape index (κ2) is 9.53. The van der Waals surface area contributed by atoms with Gasteiger partial charge in [-0.05, 0) is 42.7 Å². The third-order valence-electron chi connectivity index (χ3n) is 4.85. The predicted octanol–water partition coefficient (Wildman–Crippen LogP) is 4.83. The van der Waals surface area contributed by atoms with E-state index in [0.717, 1.165) is 49.1 Å². The van der Waals surface area contributed by atoms with E-state index in [1.54, 1.807) is 23.1 Å². The van der Waals surface area contributed by atoms with E-state index in [1.165, 1.54) is 23.3 Å². The first-order valence-corrected chi connectivity index (χ1v) is 11.5. The molecule has 0 saturated carbocycles. The number of thioether (sulfide) groups is 1. The summed E-state index contributed by atoms with van der Waals surface area (Å²) in [5.41, 5.74) is 1.35. The van der Waals surface area contributed by atoms with Crippen molar-refractivity contribution in [2.45, 2.75) is 49.9 Å². The van der Waals surface area contributed by atoms with Gasteiger partial charge in [0.25, 0.3) is 0 Å². The van der Waals surface area contributed by atoms with Crippen molar-refractivity contribution in [1.82, 2.24) is 14.8 Å². The quantitative estimate of drug-likeness (QED) is 0.509. The molecule has 0 aliphatic carbocycles. The van der Waals surface area contributed by atoms with Gasteiger partial charge in [-0.3, -0.25) is 0 Å². The molecule has 27 heavy (non-hydrogen) atoms. The van der Waals surface area contributed by atoms with Crippen LogP contribution in [-0.2, 0) is 24.1 Å². The van der Waals surface area contributed by atoms with E-state index >= 15 is 0 Å². The number of thiophene rings is 1. The van der Waals surface area contributed by atoms with Crippen LogP contribution in [0.1, 0.15) is 35.5 Å². The fourth-order valence-electron chi connectivity index (χ4n) is 3.34. The summed E-state index contributed by atoms with van der Waals surface area (Å²) in [4.78, 5) is 1.33. The van der Waals surface area contributed by atoms with Crippen molar-refractivity contribution in [1.29, 1.82) is 0 Å². The van der Waals surface area contributed by atoms with Gasteiger partial charge in [-0.2, -0.15) is 0 Å². The lowest BCUT2D eigenvalue weighted by atomic mass is 10.1. The summed E-state index contributed by atoms with van der Waals surface area (Å²) in [6, 6.07) is 14.9. The molecular formula is C21H25N3OS2. The molecule has 1 aromatic carbocycles. The monoisotopic (exact) mass is 399 g/mol. The first kappa shape index (κ1) is 18.7. The van der Waals surface area contributed by atoms with Crippen LogP contribution in [-0.4, -0.2) is 33.2 Å². The normalized spacial score (nSPS) is 17.3. The number of hydrogen-bond acceptors (Lipinski definition) is 5. The van der Waals surface area contributed by atoms with Crippen LogP contribution in [0.2, 0.25) is 0 Å². The molecule has 1 aliphatic rings. The first-order chi connectivity index (χ1) is 13.4. The maximum Gasteiger partial charge on any atom is 0.191 e. The Kier molecular flexibility index (Phi) is 6.61. The van der Waals surface area contributed by atoms with Crippen molar-refractivity contribution in [3.63, 3.8) is 0 Å². The fraction of sp³-hybridized carbons (Fsp3) is 0.429. The molecule has 3 heterocycles. The van der Waals surface area contributed by atoms with Gasteiger partial charge >= 0.3 is 0 Å². The molecular weight excluding hydrogens is 374 g/mol. The van der Waals surface area contributed by atoms with E-state index in [0.29, 0.717) is 6.10 Å². The van der Waals surface area contributed by atoms with Crippen molar-refractivity contribution in [2.75, 3.05) is 12.4 Å². The summed E-state index contributed by atoms with van der Waals surface area (Å²) >= 11 is 3.57. The third-order valence-corrected chi connectivity index (χ3v) is 6.82. The number of hydrogen-bond donors (Lipinski definition) is 0. The first-order valence-electron chi connectivity index (χ1n) is 9.61. The molecule has 6 heteroatoms. The maximum absolute atomic E-state index is 5.88. The summed E-state index contributed by atoms with van der Waals surface area (Å²) in [6.07, 6.45) is 5.81. The van der Waals surface area contributed by atoms with E-state index < -0.39 is 0 Å². The van der Waals surface area contributed by atoms with Gasteiger partial charge < -0.3 is 9.30 Å². The molecule has 0 N–H and O–H groups in total. The maximum atomic E-state index is 5.88. The molecule has 0 radical (unpaired) electrons. The third kappa shape index (κ3) is 5.21. The van der Waals surface area contributed by atoms with Crippen molar-refractivity contribution in [3.8, 4) is 0 Å². The van der Waals surface area contributed by atoms with Crippen LogP contribution in [0.4, 0.5) is 0 Å². The van der Waals surface area contributed by atoms with E-state index in [9.17, 15) is 0 Å². The van der Waals surface area contributed by atoms with Crippen LogP contribution < -0.4 is 0 Å². The number of aromatic nitrogens is 3. The average molecular weight is 400 g/mol. The second-order valence-electron chi connectivity index (χ2n) is 6.84. The standard InChI is InChI=1S/C21H25N3OS2/c1-2-7-17(8-3-1)11-12-24-20(15-19-10-6-14-26-19)22-23-21(24)27-16-18-9-4-5-13-25-18/h1-3,6-8,10,14,18H,4-5,9,11-13,15-16H2. The minimum atomic E-state index is 0.351.